The molecule has 0 atom stereocenters. The molecule has 5 heteroatoms. The summed E-state index contributed by atoms with van der Waals surface area (Å²) in [5.41, 5.74) is 1.20. The predicted molar refractivity (Wildman–Crippen MR) is 53.8 cm³/mol. The summed E-state index contributed by atoms with van der Waals surface area (Å²) < 4.78 is 6.17. The Hall–Kier alpha value is -1.52. The summed E-state index contributed by atoms with van der Waals surface area (Å²) in [6.45, 7) is 1.80. The van der Waals surface area contributed by atoms with E-state index in [1.165, 1.54) is 7.11 Å². The first-order valence-corrected chi connectivity index (χ1v) is 5.00. The van der Waals surface area contributed by atoms with Crippen LogP contribution >= 0.6 is 0 Å². The number of carbonyl (C=O) groups is 1. The van der Waals surface area contributed by atoms with Crippen LogP contribution < -0.4 is 5.56 Å². The minimum Gasteiger partial charge on any atom is -0.469 e. The standard InChI is InChI=1S/C10H14N2O3/c1-6-8(5-9(13)15-2)10(14)12(11-6)7-3-4-7/h7,11H,3-5H2,1-2H3. The van der Waals surface area contributed by atoms with Crippen molar-refractivity contribution in [3.63, 3.8) is 0 Å². The Labute approximate surface area is 87.0 Å². The summed E-state index contributed by atoms with van der Waals surface area (Å²) in [6, 6.07) is 0.308. The number of nitrogens with one attached hydrogen (secondary N) is 1. The van der Waals surface area contributed by atoms with Crippen molar-refractivity contribution in [2.45, 2.75) is 32.2 Å². The first kappa shape index (κ1) is 10.0. The number of hydrogen-bond acceptors (Lipinski definition) is 3. The normalized spacial score (nSPS) is 15.3. The lowest BCUT2D eigenvalue weighted by Gasteiger charge is -1.95. The van der Waals surface area contributed by atoms with E-state index < -0.39 is 0 Å². The molecule has 1 aromatic heterocycles. The quantitative estimate of drug-likeness (QED) is 0.740. The summed E-state index contributed by atoms with van der Waals surface area (Å²) >= 11 is 0. The highest BCUT2D eigenvalue weighted by Crippen LogP contribution is 2.33. The van der Waals surface area contributed by atoms with E-state index in [1.807, 2.05) is 0 Å². The van der Waals surface area contributed by atoms with Gasteiger partial charge < -0.3 is 4.74 Å². The maximum atomic E-state index is 11.8. The highest BCUT2D eigenvalue weighted by molar-refractivity contribution is 5.72. The van der Waals surface area contributed by atoms with Crippen molar-refractivity contribution in [3.8, 4) is 0 Å². The van der Waals surface area contributed by atoms with Gasteiger partial charge in [-0.3, -0.25) is 14.7 Å². The van der Waals surface area contributed by atoms with E-state index in [0.717, 1.165) is 18.5 Å². The lowest BCUT2D eigenvalue weighted by Crippen LogP contribution is -2.20. The molecule has 1 fully saturated rings. The molecule has 0 spiro atoms. The number of aryl methyl sites for hydroxylation is 1. The Morgan fingerprint density at radius 2 is 2.27 bits per heavy atom. The van der Waals surface area contributed by atoms with Gasteiger partial charge in [0, 0.05) is 5.69 Å². The third-order valence-corrected chi connectivity index (χ3v) is 2.68. The molecule has 1 saturated carbocycles. The molecule has 1 heterocycles. The number of aromatic amines is 1. The molecule has 1 N–H and O–H groups in total. The summed E-state index contributed by atoms with van der Waals surface area (Å²) in [6.07, 6.45) is 2.13. The van der Waals surface area contributed by atoms with Gasteiger partial charge in [-0.05, 0) is 19.8 Å². The fourth-order valence-electron chi connectivity index (χ4n) is 1.62. The summed E-state index contributed by atoms with van der Waals surface area (Å²) in [4.78, 5) is 22.9. The molecule has 0 unspecified atom stereocenters. The molecule has 15 heavy (non-hydrogen) atoms. The fourth-order valence-corrected chi connectivity index (χ4v) is 1.62. The van der Waals surface area contributed by atoms with Crippen molar-refractivity contribution in [2.24, 2.45) is 0 Å². The van der Waals surface area contributed by atoms with Crippen LogP contribution in [0.15, 0.2) is 4.79 Å². The molecular weight excluding hydrogens is 196 g/mol. The average Bonchev–Trinajstić information content (AvgIpc) is 3.00. The van der Waals surface area contributed by atoms with Gasteiger partial charge in [-0.15, -0.1) is 0 Å². The second-order valence-corrected chi connectivity index (χ2v) is 3.87. The number of hydrogen-bond donors (Lipinski definition) is 1. The van der Waals surface area contributed by atoms with Crippen molar-refractivity contribution < 1.29 is 9.53 Å². The van der Waals surface area contributed by atoms with Crippen molar-refractivity contribution >= 4 is 5.97 Å². The van der Waals surface area contributed by atoms with Gasteiger partial charge in [0.2, 0.25) is 0 Å². The van der Waals surface area contributed by atoms with Crippen LogP contribution in [-0.2, 0) is 16.0 Å². The minimum absolute atomic E-state index is 0.0530. The zero-order chi connectivity index (χ0) is 11.0. The number of nitrogens with zero attached hydrogens (tertiary/aromatic N) is 1. The molecule has 5 nitrogen and oxygen atoms in total. The van der Waals surface area contributed by atoms with Gasteiger partial charge >= 0.3 is 5.97 Å². The minimum atomic E-state index is -0.378. The molecule has 2 rings (SSSR count). The first-order valence-electron chi connectivity index (χ1n) is 5.00. The zero-order valence-corrected chi connectivity index (χ0v) is 8.87. The van der Waals surface area contributed by atoms with E-state index in [-0.39, 0.29) is 17.9 Å². The smallest absolute Gasteiger partial charge is 0.310 e. The number of methoxy groups -OCH3 is 1. The molecule has 0 radical (unpaired) electrons. The number of ether oxygens (including phenoxy) is 1. The maximum Gasteiger partial charge on any atom is 0.310 e. The Kier molecular flexibility index (Phi) is 2.38. The van der Waals surface area contributed by atoms with E-state index in [0.29, 0.717) is 11.6 Å². The lowest BCUT2D eigenvalue weighted by molar-refractivity contribution is -0.139. The Bertz CT molecular complexity index is 440. The number of aromatic nitrogens is 2. The van der Waals surface area contributed by atoms with Crippen LogP contribution in [0, 0.1) is 6.92 Å². The van der Waals surface area contributed by atoms with Crippen LogP contribution in [0.1, 0.15) is 30.1 Å². The SMILES string of the molecule is COC(=O)Cc1c(C)[nH]n(C2CC2)c1=O. The maximum absolute atomic E-state index is 11.8. The molecule has 0 aromatic carbocycles. The van der Waals surface area contributed by atoms with Gasteiger partial charge in [0.25, 0.3) is 5.56 Å². The van der Waals surface area contributed by atoms with E-state index in [1.54, 1.807) is 11.6 Å². The van der Waals surface area contributed by atoms with Gasteiger partial charge in [0.15, 0.2) is 0 Å². The van der Waals surface area contributed by atoms with Gasteiger partial charge in [0.05, 0.1) is 25.1 Å². The van der Waals surface area contributed by atoms with Crippen LogP contribution in [0.2, 0.25) is 0 Å². The van der Waals surface area contributed by atoms with E-state index in [2.05, 4.69) is 9.84 Å². The number of carbonyl (C=O) groups excluding carboxylic acids is 1. The number of esters is 1. The highest BCUT2D eigenvalue weighted by atomic mass is 16.5. The van der Waals surface area contributed by atoms with Gasteiger partial charge in [-0.1, -0.05) is 0 Å². The summed E-state index contributed by atoms with van der Waals surface area (Å²) in [5, 5.41) is 3.00. The van der Waals surface area contributed by atoms with Crippen LogP contribution in [0.3, 0.4) is 0 Å². The topological polar surface area (TPSA) is 64.1 Å². The molecular formula is C10H14N2O3. The van der Waals surface area contributed by atoms with E-state index >= 15 is 0 Å². The zero-order valence-electron chi connectivity index (χ0n) is 8.87. The average molecular weight is 210 g/mol. The summed E-state index contributed by atoms with van der Waals surface area (Å²) in [7, 11) is 1.32. The molecule has 0 aliphatic heterocycles. The lowest BCUT2D eigenvalue weighted by atomic mass is 10.2. The number of H-pyrrole nitrogens is 1. The molecule has 0 amide bonds. The van der Waals surface area contributed by atoms with Gasteiger partial charge in [0.1, 0.15) is 0 Å². The van der Waals surface area contributed by atoms with Crippen molar-refractivity contribution in [3.05, 3.63) is 21.6 Å². The molecule has 1 aromatic rings. The Morgan fingerprint density at radius 3 is 2.80 bits per heavy atom. The third kappa shape index (κ3) is 1.82. The second kappa shape index (κ2) is 3.56. The Morgan fingerprint density at radius 1 is 1.60 bits per heavy atom. The molecule has 0 saturated heterocycles. The van der Waals surface area contributed by atoms with E-state index in [9.17, 15) is 9.59 Å². The van der Waals surface area contributed by atoms with Crippen LogP contribution in [0.4, 0.5) is 0 Å². The Balaban J connectivity index is 2.30. The van der Waals surface area contributed by atoms with Crippen LogP contribution in [-0.4, -0.2) is 22.9 Å². The van der Waals surface area contributed by atoms with Crippen LogP contribution in [0.25, 0.3) is 0 Å². The fraction of sp³-hybridized carbons (Fsp3) is 0.600. The van der Waals surface area contributed by atoms with Crippen molar-refractivity contribution in [1.82, 2.24) is 9.78 Å². The molecule has 1 aliphatic rings. The second-order valence-electron chi connectivity index (χ2n) is 3.87. The molecule has 1 aliphatic carbocycles. The number of rotatable bonds is 3. The molecule has 82 valence electrons. The van der Waals surface area contributed by atoms with Crippen molar-refractivity contribution in [2.75, 3.05) is 7.11 Å². The summed E-state index contributed by atoms with van der Waals surface area (Å²) in [5.74, 6) is -0.378. The highest BCUT2D eigenvalue weighted by Gasteiger charge is 2.28. The monoisotopic (exact) mass is 210 g/mol. The first-order chi connectivity index (χ1) is 7.13. The predicted octanol–water partition coefficient (Wildman–Crippen LogP) is 0.535. The van der Waals surface area contributed by atoms with Gasteiger partial charge in [-0.25, -0.2) is 4.68 Å². The van der Waals surface area contributed by atoms with Crippen molar-refractivity contribution in [1.29, 1.82) is 0 Å². The third-order valence-electron chi connectivity index (χ3n) is 2.68. The molecule has 0 bridgehead atoms. The van der Waals surface area contributed by atoms with E-state index in [4.69, 9.17) is 0 Å². The van der Waals surface area contributed by atoms with Crippen LogP contribution in [0.5, 0.6) is 0 Å². The largest absolute Gasteiger partial charge is 0.469 e. The van der Waals surface area contributed by atoms with Gasteiger partial charge in [-0.2, -0.15) is 0 Å².